The molecule has 3 unspecified atom stereocenters. The summed E-state index contributed by atoms with van der Waals surface area (Å²) >= 11 is 0. The highest BCUT2D eigenvalue weighted by Crippen LogP contribution is 2.38. The van der Waals surface area contributed by atoms with Crippen LogP contribution in [0.1, 0.15) is 219 Å². The van der Waals surface area contributed by atoms with Crippen LogP contribution in [0.4, 0.5) is 0 Å². The number of nitrogens with one attached hydrogen (secondary N) is 1. The topological polar surface area (TPSA) is 108 Å². The maximum absolute atomic E-state index is 12.9. The zero-order chi connectivity index (χ0) is 51.3. The van der Waals surface area contributed by atoms with Gasteiger partial charge in [-0.2, -0.15) is 0 Å². The van der Waals surface area contributed by atoms with Gasteiger partial charge in [0.25, 0.3) is 7.82 Å². The number of likely N-dealkylation sites (N-methyl/N-ethyl adjacent to an activating group) is 1. The number of aliphatic hydroxyl groups excluding tert-OH is 1. The zero-order valence-electron chi connectivity index (χ0n) is 45.7. The van der Waals surface area contributed by atoms with E-state index in [1.807, 2.05) is 27.2 Å². The first kappa shape index (κ1) is 67.2. The molecule has 0 aromatic rings. The number of hydrogen-bond acceptors (Lipinski definition) is 6. The highest BCUT2D eigenvalue weighted by molar-refractivity contribution is 7.45. The maximum atomic E-state index is 12.9. The Morgan fingerprint density at radius 1 is 0.514 bits per heavy atom. The monoisotopic (exact) mass is 995 g/mol. The first-order valence-electron chi connectivity index (χ1n) is 28.2. The summed E-state index contributed by atoms with van der Waals surface area (Å²) in [6, 6.07) is -0.898. The van der Waals surface area contributed by atoms with E-state index in [1.54, 1.807) is 6.08 Å². The van der Waals surface area contributed by atoms with Gasteiger partial charge in [-0.25, -0.2) is 0 Å². The van der Waals surface area contributed by atoms with E-state index in [-0.39, 0.29) is 19.1 Å². The van der Waals surface area contributed by atoms with Gasteiger partial charge in [0.1, 0.15) is 13.2 Å². The molecule has 3 atom stereocenters. The predicted molar refractivity (Wildman–Crippen MR) is 302 cm³/mol. The lowest BCUT2D eigenvalue weighted by Gasteiger charge is -2.29. The van der Waals surface area contributed by atoms with Gasteiger partial charge in [0.2, 0.25) is 5.91 Å². The molecule has 0 bridgehead atoms. The van der Waals surface area contributed by atoms with Crippen molar-refractivity contribution < 1.29 is 32.9 Å². The Kier molecular flexibility index (Phi) is 49.0. The number of carbonyl (C=O) groups is 1. The van der Waals surface area contributed by atoms with Gasteiger partial charge < -0.3 is 28.8 Å². The number of allylic oxidation sites excluding steroid dienone is 17. The van der Waals surface area contributed by atoms with E-state index < -0.39 is 20.0 Å². The van der Waals surface area contributed by atoms with E-state index in [4.69, 9.17) is 9.05 Å². The first-order chi connectivity index (χ1) is 34.0. The summed E-state index contributed by atoms with van der Waals surface area (Å²) in [5.74, 6) is -0.211. The minimum absolute atomic E-state index is 0.00796. The molecule has 0 heterocycles. The van der Waals surface area contributed by atoms with E-state index in [9.17, 15) is 19.4 Å². The Labute approximate surface area is 431 Å². The Balaban J connectivity index is 4.22. The first-order valence-corrected chi connectivity index (χ1v) is 29.7. The second-order valence-electron chi connectivity index (χ2n) is 19.9. The van der Waals surface area contributed by atoms with Gasteiger partial charge in [-0.1, -0.05) is 239 Å². The van der Waals surface area contributed by atoms with Crippen LogP contribution in [0.3, 0.4) is 0 Å². The van der Waals surface area contributed by atoms with Crippen molar-refractivity contribution in [3.05, 3.63) is 109 Å². The SMILES string of the molecule is CC/C=C\C/C=C\C/C=C\C/C=C\C/C=C\C/C=C\C/C=C\C/C=C\CCCCCCCCCCC(=O)NC(COP(=O)([O-])OCC[N+](C)(C)C)C(O)/C=C/CCCCCCCCCCCCCCC. The normalized spacial score (nSPS) is 14.8. The molecule has 0 aliphatic heterocycles. The number of quaternary nitrogens is 1. The van der Waals surface area contributed by atoms with Crippen molar-refractivity contribution in [3.63, 3.8) is 0 Å². The molecule has 0 aromatic carbocycles. The molecule has 1 amide bonds. The fourth-order valence-electron chi connectivity index (χ4n) is 7.58. The van der Waals surface area contributed by atoms with Crippen molar-refractivity contribution in [1.82, 2.24) is 5.32 Å². The number of carbonyl (C=O) groups excluding carboxylic acids is 1. The molecule has 0 rings (SSSR count). The lowest BCUT2D eigenvalue weighted by Crippen LogP contribution is -2.45. The van der Waals surface area contributed by atoms with Crippen LogP contribution < -0.4 is 10.2 Å². The third-order valence-corrected chi connectivity index (χ3v) is 13.0. The summed E-state index contributed by atoms with van der Waals surface area (Å²) in [5.41, 5.74) is 0. The molecule has 0 aliphatic rings. The van der Waals surface area contributed by atoms with Crippen LogP contribution >= 0.6 is 7.82 Å². The van der Waals surface area contributed by atoms with Crippen molar-refractivity contribution in [2.75, 3.05) is 40.9 Å². The Bertz CT molecular complexity index is 1500. The third kappa shape index (κ3) is 53.0. The number of amides is 1. The molecule has 2 N–H and O–H groups in total. The van der Waals surface area contributed by atoms with Gasteiger partial charge in [0.15, 0.2) is 0 Å². The molecule has 0 fully saturated rings. The number of rotatable bonds is 50. The standard InChI is InChI=1S/C61H107N2O6P/c1-6-8-10-12-14-16-18-20-22-23-24-25-26-27-28-29-30-31-32-33-34-35-36-37-38-39-41-43-45-47-49-51-53-55-61(65)62-59(58-69-70(66,67)68-57-56-63(3,4)5)60(64)54-52-50-48-46-44-42-40-21-19-17-15-13-11-9-7-2/h8,10,14,16,20,22,24-25,27-28,30-31,33-34,36-37,52,54,59-60,64H,6-7,9,11-13,15,17-19,21,23,26,29,32,35,38-51,53,55-58H2,1-5H3,(H-,62,65,66,67)/b10-8-,16-14-,22-20-,25-24-,28-27-,31-30-,34-33-,37-36-,54-52+. The molecule has 0 saturated heterocycles. The molecule has 0 aromatic heterocycles. The van der Waals surface area contributed by atoms with Crippen molar-refractivity contribution in [1.29, 1.82) is 0 Å². The average molecular weight is 996 g/mol. The number of phosphoric acid groups is 1. The van der Waals surface area contributed by atoms with Crippen LogP contribution in [0.2, 0.25) is 0 Å². The van der Waals surface area contributed by atoms with Crippen molar-refractivity contribution >= 4 is 13.7 Å². The highest BCUT2D eigenvalue weighted by atomic mass is 31.2. The minimum atomic E-state index is -4.60. The number of phosphoric ester groups is 1. The zero-order valence-corrected chi connectivity index (χ0v) is 46.6. The fourth-order valence-corrected chi connectivity index (χ4v) is 8.30. The number of hydrogen-bond donors (Lipinski definition) is 2. The summed E-state index contributed by atoms with van der Waals surface area (Å²) < 4.78 is 23.3. The molecule has 9 heteroatoms. The quantitative estimate of drug-likeness (QED) is 0.0272. The summed E-state index contributed by atoms with van der Waals surface area (Å²) in [6.45, 7) is 4.52. The van der Waals surface area contributed by atoms with Gasteiger partial charge in [-0.3, -0.25) is 9.36 Å². The van der Waals surface area contributed by atoms with Crippen molar-refractivity contribution in [2.45, 2.75) is 231 Å². The highest BCUT2D eigenvalue weighted by Gasteiger charge is 2.23. The molecule has 0 saturated carbocycles. The van der Waals surface area contributed by atoms with Crippen molar-refractivity contribution in [3.8, 4) is 0 Å². The Hall–Kier alpha value is -2.84. The number of aliphatic hydroxyl groups is 1. The molecule has 0 spiro atoms. The van der Waals surface area contributed by atoms with E-state index in [0.29, 0.717) is 17.4 Å². The molecule has 70 heavy (non-hydrogen) atoms. The summed E-state index contributed by atoms with van der Waals surface area (Å²) in [7, 11) is 1.24. The van der Waals surface area contributed by atoms with Gasteiger partial charge in [-0.15, -0.1) is 0 Å². The lowest BCUT2D eigenvalue weighted by molar-refractivity contribution is -0.870. The minimum Gasteiger partial charge on any atom is -0.756 e. The molecule has 8 nitrogen and oxygen atoms in total. The summed E-state index contributed by atoms with van der Waals surface area (Å²) in [6.07, 6.45) is 74.4. The second-order valence-corrected chi connectivity index (χ2v) is 21.3. The number of nitrogens with zero attached hydrogens (tertiary/aromatic N) is 1. The molecule has 402 valence electrons. The molecule has 0 radical (unpaired) electrons. The van der Waals surface area contributed by atoms with E-state index in [1.165, 1.54) is 96.3 Å². The summed E-state index contributed by atoms with van der Waals surface area (Å²) in [5, 5.41) is 13.8. The predicted octanol–water partition coefficient (Wildman–Crippen LogP) is 16.6. The Morgan fingerprint density at radius 2 is 0.871 bits per heavy atom. The van der Waals surface area contributed by atoms with Crippen LogP contribution in [0, 0.1) is 0 Å². The molecular weight excluding hydrogens is 888 g/mol. The molecular formula is C61H107N2O6P. The van der Waals surface area contributed by atoms with Crippen LogP contribution in [0.25, 0.3) is 0 Å². The van der Waals surface area contributed by atoms with Crippen LogP contribution in [-0.2, 0) is 18.4 Å². The van der Waals surface area contributed by atoms with E-state index >= 15 is 0 Å². The van der Waals surface area contributed by atoms with Gasteiger partial charge in [0.05, 0.1) is 39.9 Å². The smallest absolute Gasteiger partial charge is 0.268 e. The summed E-state index contributed by atoms with van der Waals surface area (Å²) in [4.78, 5) is 25.5. The third-order valence-electron chi connectivity index (χ3n) is 12.0. The van der Waals surface area contributed by atoms with Crippen LogP contribution in [-0.4, -0.2) is 68.5 Å². The average Bonchev–Trinajstić information content (AvgIpc) is 3.32. The molecule has 0 aliphatic carbocycles. The van der Waals surface area contributed by atoms with Gasteiger partial charge in [0, 0.05) is 6.42 Å². The van der Waals surface area contributed by atoms with Gasteiger partial charge >= 0.3 is 0 Å². The van der Waals surface area contributed by atoms with Gasteiger partial charge in [-0.05, 0) is 83.5 Å². The van der Waals surface area contributed by atoms with Crippen molar-refractivity contribution in [2.24, 2.45) is 0 Å². The lowest BCUT2D eigenvalue weighted by atomic mass is 10.0. The maximum Gasteiger partial charge on any atom is 0.268 e. The van der Waals surface area contributed by atoms with Crippen LogP contribution in [0.15, 0.2) is 109 Å². The number of unbranched alkanes of at least 4 members (excludes halogenated alkanes) is 21. The second kappa shape index (κ2) is 51.1. The largest absolute Gasteiger partial charge is 0.756 e. The Morgan fingerprint density at radius 3 is 1.27 bits per heavy atom. The van der Waals surface area contributed by atoms with E-state index in [2.05, 4.69) is 116 Å². The van der Waals surface area contributed by atoms with Crippen LogP contribution in [0.5, 0.6) is 0 Å². The van der Waals surface area contributed by atoms with E-state index in [0.717, 1.165) is 103 Å². The fraction of sp³-hybridized carbons (Fsp3) is 0.689.